The molecular formula is C28H47N5O3. The van der Waals surface area contributed by atoms with E-state index in [2.05, 4.69) is 78.3 Å². The fourth-order valence-corrected chi connectivity index (χ4v) is 2.82. The van der Waals surface area contributed by atoms with E-state index in [1.54, 1.807) is 7.05 Å². The molecule has 0 bridgehead atoms. The van der Waals surface area contributed by atoms with Crippen LogP contribution >= 0.6 is 0 Å². The number of nitrogens with two attached hydrogens (primary N) is 1. The highest BCUT2D eigenvalue weighted by molar-refractivity contribution is 5.83. The van der Waals surface area contributed by atoms with Crippen LogP contribution in [0, 0.1) is 5.41 Å². The summed E-state index contributed by atoms with van der Waals surface area (Å²) in [7, 11) is 1.57. The van der Waals surface area contributed by atoms with E-state index in [1.165, 1.54) is 4.90 Å². The second kappa shape index (κ2) is 25.0. The summed E-state index contributed by atoms with van der Waals surface area (Å²) in [4.78, 5) is 24.8. The molecule has 0 atom stereocenters. The number of carbonyl (C=O) groups excluding carboxylic acids is 2. The van der Waals surface area contributed by atoms with Crippen LogP contribution < -0.4 is 16.4 Å². The zero-order valence-electron chi connectivity index (χ0n) is 22.2. The Kier molecular flexibility index (Phi) is 22.8. The number of nitrogens with zero attached hydrogens (tertiary/aromatic N) is 1. The van der Waals surface area contributed by atoms with Gasteiger partial charge in [-0.05, 0) is 44.9 Å². The lowest BCUT2D eigenvalue weighted by Crippen LogP contribution is -2.42. The molecule has 0 fully saturated rings. The summed E-state index contributed by atoms with van der Waals surface area (Å²) < 4.78 is 5.39. The van der Waals surface area contributed by atoms with E-state index in [9.17, 15) is 9.59 Å². The van der Waals surface area contributed by atoms with Gasteiger partial charge in [-0.2, -0.15) is 0 Å². The zero-order valence-corrected chi connectivity index (χ0v) is 22.2. The van der Waals surface area contributed by atoms with Crippen molar-refractivity contribution >= 4 is 17.8 Å². The molecule has 0 spiro atoms. The van der Waals surface area contributed by atoms with Crippen LogP contribution in [0.3, 0.4) is 0 Å². The number of carbonyl (C=O) groups is 2. The number of likely N-dealkylation sites (N-methyl/N-ethyl adjacent to an activating group) is 1. The fraction of sp³-hybridized carbons (Fsp3) is 0.536. The minimum Gasteiger partial charge on any atom is -0.378 e. The number of guanidine groups is 1. The smallest absolute Gasteiger partial charge is 0.239 e. The predicted molar refractivity (Wildman–Crippen MR) is 150 cm³/mol. The molecule has 0 aliphatic heterocycles. The second-order valence-corrected chi connectivity index (χ2v) is 8.15. The van der Waals surface area contributed by atoms with Crippen LogP contribution in [0.2, 0.25) is 0 Å². The molecule has 8 nitrogen and oxygen atoms in total. The van der Waals surface area contributed by atoms with E-state index in [1.807, 2.05) is 0 Å². The van der Waals surface area contributed by atoms with Crippen molar-refractivity contribution in [3.8, 4) is 0 Å². The molecule has 2 amide bonds. The maximum Gasteiger partial charge on any atom is 0.239 e. The number of hydrogen-bond donors (Lipinski definition) is 4. The molecule has 0 radical (unpaired) electrons. The Morgan fingerprint density at radius 2 is 1.28 bits per heavy atom. The average Bonchev–Trinajstić information content (AvgIpc) is 2.85. The van der Waals surface area contributed by atoms with E-state index >= 15 is 0 Å². The van der Waals surface area contributed by atoms with E-state index < -0.39 is 0 Å². The van der Waals surface area contributed by atoms with Crippen molar-refractivity contribution in [1.29, 1.82) is 5.41 Å². The number of amides is 2. The maximum atomic E-state index is 11.8. The first kappa shape index (κ1) is 32.9. The van der Waals surface area contributed by atoms with Crippen LogP contribution in [0.5, 0.6) is 0 Å². The average molecular weight is 502 g/mol. The van der Waals surface area contributed by atoms with E-state index in [0.29, 0.717) is 32.7 Å². The summed E-state index contributed by atoms with van der Waals surface area (Å²) in [5.41, 5.74) is 5.28. The molecule has 0 unspecified atom stereocenters. The minimum absolute atomic E-state index is 0.0199. The Bertz CT molecular complexity index is 741. The third-order valence-electron chi connectivity index (χ3n) is 4.86. The minimum atomic E-state index is -0.225. The summed E-state index contributed by atoms with van der Waals surface area (Å²) in [6, 6.07) is 0. The highest BCUT2D eigenvalue weighted by atomic mass is 16.5. The molecular weight excluding hydrogens is 454 g/mol. The third kappa shape index (κ3) is 24.0. The quantitative estimate of drug-likeness (QED) is 0.0820. The Morgan fingerprint density at radius 1 is 0.806 bits per heavy atom. The summed E-state index contributed by atoms with van der Waals surface area (Å²) in [6.45, 7) is 3.74. The molecule has 0 aliphatic rings. The Labute approximate surface area is 217 Å². The van der Waals surface area contributed by atoms with Crippen LogP contribution in [-0.2, 0) is 14.3 Å². The Hall–Kier alpha value is -3.13. The molecule has 0 saturated carbocycles. The molecule has 5 N–H and O–H groups in total. The fourth-order valence-electron chi connectivity index (χ4n) is 2.82. The highest BCUT2D eigenvalue weighted by Crippen LogP contribution is 1.99. The zero-order chi connectivity index (χ0) is 26.7. The molecule has 8 heteroatoms. The number of hydrogen-bond acceptors (Lipinski definition) is 4. The third-order valence-corrected chi connectivity index (χ3v) is 4.86. The molecule has 0 aromatic rings. The largest absolute Gasteiger partial charge is 0.378 e. The lowest BCUT2D eigenvalue weighted by Gasteiger charge is -2.15. The van der Waals surface area contributed by atoms with E-state index in [0.717, 1.165) is 44.9 Å². The van der Waals surface area contributed by atoms with Gasteiger partial charge in [-0.25, -0.2) is 0 Å². The number of rotatable bonds is 21. The number of ether oxygens (including phenoxy) is 1. The van der Waals surface area contributed by atoms with Gasteiger partial charge >= 0.3 is 0 Å². The van der Waals surface area contributed by atoms with Crippen LogP contribution in [0.15, 0.2) is 60.8 Å². The SMILES string of the molecule is CCC=CCC=CCC=CCC=CCC=CCCCC(=O)NCCOCCNC(=O)CN(C)C(=N)N. The van der Waals surface area contributed by atoms with Gasteiger partial charge in [-0.15, -0.1) is 0 Å². The lowest BCUT2D eigenvalue weighted by atomic mass is 10.2. The number of unbranched alkanes of at least 4 members (excludes halogenated alkanes) is 1. The van der Waals surface area contributed by atoms with Gasteiger partial charge in [0.05, 0.1) is 19.8 Å². The number of allylic oxidation sites excluding steroid dienone is 10. The molecule has 0 saturated heterocycles. The van der Waals surface area contributed by atoms with Crippen LogP contribution in [-0.4, -0.2) is 62.6 Å². The molecule has 36 heavy (non-hydrogen) atoms. The normalized spacial score (nSPS) is 11.9. The van der Waals surface area contributed by atoms with Gasteiger partial charge in [-0.3, -0.25) is 15.0 Å². The Balaban J connectivity index is 3.54. The monoisotopic (exact) mass is 501 g/mol. The first-order valence-corrected chi connectivity index (χ1v) is 12.9. The van der Waals surface area contributed by atoms with E-state index in [4.69, 9.17) is 15.9 Å². The van der Waals surface area contributed by atoms with Crippen molar-refractivity contribution in [3.63, 3.8) is 0 Å². The van der Waals surface area contributed by atoms with Crippen molar-refractivity contribution < 1.29 is 14.3 Å². The Morgan fingerprint density at radius 3 is 1.78 bits per heavy atom. The highest BCUT2D eigenvalue weighted by Gasteiger charge is 2.06. The van der Waals surface area contributed by atoms with Gasteiger partial charge < -0.3 is 26.0 Å². The number of nitrogens with one attached hydrogen (secondary N) is 3. The van der Waals surface area contributed by atoms with Crippen molar-refractivity contribution in [3.05, 3.63) is 60.8 Å². The van der Waals surface area contributed by atoms with Gasteiger partial charge in [0.2, 0.25) is 11.8 Å². The van der Waals surface area contributed by atoms with Crippen molar-refractivity contribution in [1.82, 2.24) is 15.5 Å². The first-order chi connectivity index (χ1) is 17.5. The van der Waals surface area contributed by atoms with Crippen LogP contribution in [0.1, 0.15) is 58.3 Å². The van der Waals surface area contributed by atoms with E-state index in [-0.39, 0.29) is 24.3 Å². The second-order valence-electron chi connectivity index (χ2n) is 8.15. The maximum absolute atomic E-state index is 11.8. The molecule has 0 aliphatic carbocycles. The standard InChI is InChI=1S/C28H47N5O3/c1-3-4-5-6-7-8-9-10-11-12-13-14-15-16-17-18-19-20-26(34)31-21-23-36-24-22-32-27(35)25-33(2)28(29)30/h4-5,7-8,10-11,13-14,16-17H,3,6,9,12,15,18-25H2,1-2H3,(H3,29,30)(H,31,34)(H,32,35). The van der Waals surface area contributed by atoms with Gasteiger partial charge in [0, 0.05) is 26.6 Å². The van der Waals surface area contributed by atoms with Crippen molar-refractivity contribution in [2.45, 2.75) is 58.3 Å². The molecule has 202 valence electrons. The summed E-state index contributed by atoms with van der Waals surface area (Å²) in [5.74, 6) is -0.362. The molecule has 0 rings (SSSR count). The molecule has 0 aromatic heterocycles. The van der Waals surface area contributed by atoms with Crippen LogP contribution in [0.4, 0.5) is 0 Å². The van der Waals surface area contributed by atoms with Crippen LogP contribution in [0.25, 0.3) is 0 Å². The van der Waals surface area contributed by atoms with Gasteiger partial charge in [0.15, 0.2) is 5.96 Å². The topological polar surface area (TPSA) is 121 Å². The molecule has 0 aromatic carbocycles. The first-order valence-electron chi connectivity index (χ1n) is 12.9. The van der Waals surface area contributed by atoms with Gasteiger partial charge in [-0.1, -0.05) is 67.7 Å². The summed E-state index contributed by atoms with van der Waals surface area (Å²) in [6.07, 6.45) is 28.9. The predicted octanol–water partition coefficient (Wildman–Crippen LogP) is 3.98. The van der Waals surface area contributed by atoms with Crippen molar-refractivity contribution in [2.75, 3.05) is 39.9 Å². The summed E-state index contributed by atoms with van der Waals surface area (Å²) >= 11 is 0. The summed E-state index contributed by atoms with van der Waals surface area (Å²) in [5, 5.41) is 12.7. The van der Waals surface area contributed by atoms with Gasteiger partial charge in [0.25, 0.3) is 0 Å². The van der Waals surface area contributed by atoms with Crippen molar-refractivity contribution in [2.24, 2.45) is 5.73 Å². The van der Waals surface area contributed by atoms with Gasteiger partial charge in [0.1, 0.15) is 0 Å². The lowest BCUT2D eigenvalue weighted by molar-refractivity contribution is -0.121. The molecule has 0 heterocycles.